The van der Waals surface area contributed by atoms with Crippen molar-refractivity contribution in [1.82, 2.24) is 0 Å². The van der Waals surface area contributed by atoms with Gasteiger partial charge in [-0.1, -0.05) is 267 Å². The van der Waals surface area contributed by atoms with Crippen LogP contribution < -0.4 is 18.9 Å². The van der Waals surface area contributed by atoms with Gasteiger partial charge in [0.15, 0.2) is 0 Å². The van der Waals surface area contributed by atoms with Crippen LogP contribution in [-0.2, 0) is 0 Å². The zero-order valence-corrected chi connectivity index (χ0v) is 50.8. The lowest BCUT2D eigenvalue weighted by Crippen LogP contribution is -2.04. The van der Waals surface area contributed by atoms with Crippen LogP contribution in [0.2, 0.25) is 0 Å². The molecule has 12 heteroatoms. The number of ether oxygens (including phenoxy) is 4. The zero-order valence-electron chi connectivity index (χ0n) is 41.2. The summed E-state index contributed by atoms with van der Waals surface area (Å²) in [6, 6.07) is 17.7. The predicted molar refractivity (Wildman–Crippen MR) is 309 cm³/mol. The fourth-order valence-corrected chi connectivity index (χ4v) is 15.9. The minimum Gasteiger partial charge on any atom is -0.491 e. The van der Waals surface area contributed by atoms with E-state index in [2.05, 4.69) is 140 Å². The largest absolute Gasteiger partial charge is 0.491 e. The van der Waals surface area contributed by atoms with Crippen LogP contribution >= 0.6 is 111 Å². The molecule has 0 saturated carbocycles. The highest BCUT2D eigenvalue weighted by molar-refractivity contribution is 9.11. The van der Waals surface area contributed by atoms with Crippen LogP contribution in [0.4, 0.5) is 0 Å². The molecule has 1 heterocycles. The summed E-state index contributed by atoms with van der Waals surface area (Å²) in [7, 11) is 0. The molecule has 0 amide bonds. The highest BCUT2D eigenvalue weighted by Gasteiger charge is 2.25. The van der Waals surface area contributed by atoms with Crippen LogP contribution in [0.3, 0.4) is 0 Å². The van der Waals surface area contributed by atoms with Crippen LogP contribution in [0, 0.1) is 0 Å². The Morgan fingerprint density at radius 1 is 0.265 bits per heavy atom. The Balaban J connectivity index is 1.65. The summed E-state index contributed by atoms with van der Waals surface area (Å²) in [5, 5.41) is 0. The van der Waals surface area contributed by atoms with Gasteiger partial charge in [-0.3, -0.25) is 0 Å². The Kier molecular flexibility index (Phi) is 29.1. The number of fused-ring (bicyclic) bond motifs is 8. The fraction of sp³-hybridized carbons (Fsp3) is 0.571. The number of hydrogen-bond donors (Lipinski definition) is 0. The van der Waals surface area contributed by atoms with Crippen LogP contribution in [0.1, 0.15) is 182 Å². The average Bonchev–Trinajstić information content (AvgIpc) is 3.30. The summed E-state index contributed by atoms with van der Waals surface area (Å²) in [6.45, 7) is 11.7. The number of benzene rings is 4. The summed E-state index contributed by atoms with van der Waals surface area (Å²) in [6.07, 6.45) is 28.9. The zero-order chi connectivity index (χ0) is 48.4. The van der Waals surface area contributed by atoms with Gasteiger partial charge in [0.2, 0.25) is 0 Å². The van der Waals surface area contributed by atoms with E-state index in [1.54, 1.807) is 47.0 Å². The molecule has 0 aromatic heterocycles. The fourth-order valence-electron chi connectivity index (χ4n) is 8.05. The van der Waals surface area contributed by atoms with Gasteiger partial charge in [0, 0.05) is 17.9 Å². The quantitative estimate of drug-likeness (QED) is 0.0394. The number of unbranched alkanes of at least 4 members (excludes halogenated alkanes) is 20. The molecule has 0 radical (unpaired) electrons. The van der Waals surface area contributed by atoms with Crippen LogP contribution in [0.5, 0.6) is 23.0 Å². The molecule has 0 saturated heterocycles. The number of hydrogen-bond acceptors (Lipinski definition) is 8. The van der Waals surface area contributed by atoms with Crippen molar-refractivity contribution in [2.24, 2.45) is 0 Å². The molecule has 1 aliphatic heterocycles. The van der Waals surface area contributed by atoms with Crippen molar-refractivity contribution in [3.63, 3.8) is 0 Å². The molecule has 0 aliphatic carbocycles. The maximum Gasteiger partial charge on any atom is 0.147 e. The molecule has 68 heavy (non-hydrogen) atoms. The van der Waals surface area contributed by atoms with Crippen molar-refractivity contribution in [1.29, 1.82) is 0 Å². The van der Waals surface area contributed by atoms with Crippen LogP contribution in [-0.4, -0.2) is 26.4 Å². The second kappa shape index (κ2) is 34.0. The first-order valence-electron chi connectivity index (χ1n) is 25.8. The highest BCUT2D eigenvalue weighted by Crippen LogP contribution is 2.55. The van der Waals surface area contributed by atoms with Crippen molar-refractivity contribution < 1.29 is 18.9 Å². The summed E-state index contributed by atoms with van der Waals surface area (Å²) >= 11 is 22.8. The maximum atomic E-state index is 6.99. The summed E-state index contributed by atoms with van der Waals surface area (Å²) in [5.41, 5.74) is 0. The van der Waals surface area contributed by atoms with Crippen LogP contribution in [0.15, 0.2) is 106 Å². The van der Waals surface area contributed by atoms with Crippen LogP contribution in [0.25, 0.3) is 0 Å². The Bertz CT molecular complexity index is 1720. The molecule has 5 rings (SSSR count). The van der Waals surface area contributed by atoms with E-state index in [1.807, 2.05) is 0 Å². The second-order valence-electron chi connectivity index (χ2n) is 17.8. The maximum absolute atomic E-state index is 6.99. The standard InChI is InChI=1S/C56H76Br4O4S4/c1-5-9-13-17-21-25-29-61-53-45-33-41(57)34-46(53)66-48-36-43(59)38-50(55(48)63-31-27-23-19-15-11-7-3)68-52-40-44(60)39-51(56(52)64-32-28-24-20-16-12-8-4)67-49-37-42(58)35-47(65-45)54(49)62-30-26-22-18-14-10-6-2/h33-40H,5-32H2,1-4H3. The molecule has 376 valence electrons. The SMILES string of the molecule is CCCCCCCCOc1c2cc(Br)cc1Sc1cc(Br)cc(c1OCCCCCCCC)Sc1cc(Br)cc(c1OCCCCCCCC)Sc1cc(Br)cc(c1OCCCCCCCC)S2. The summed E-state index contributed by atoms with van der Waals surface area (Å²) < 4.78 is 32.0. The van der Waals surface area contributed by atoms with E-state index >= 15 is 0 Å². The molecule has 4 nitrogen and oxygen atoms in total. The predicted octanol–water partition coefficient (Wildman–Crippen LogP) is 22.6. The van der Waals surface area contributed by atoms with Gasteiger partial charge in [-0.25, -0.2) is 0 Å². The van der Waals surface area contributed by atoms with Gasteiger partial charge in [0.25, 0.3) is 0 Å². The number of halogens is 4. The van der Waals surface area contributed by atoms with Gasteiger partial charge in [-0.2, -0.15) is 0 Å². The lowest BCUT2D eigenvalue weighted by molar-refractivity contribution is 0.288. The monoisotopic (exact) mass is 1260 g/mol. The Labute approximate surface area is 462 Å². The van der Waals surface area contributed by atoms with E-state index in [-0.39, 0.29) is 0 Å². The van der Waals surface area contributed by atoms with Crippen molar-refractivity contribution in [3.05, 3.63) is 66.4 Å². The van der Waals surface area contributed by atoms with E-state index in [9.17, 15) is 0 Å². The normalized spacial score (nSPS) is 12.4. The molecular formula is C56H76Br4O4S4. The van der Waals surface area contributed by atoms with Crippen molar-refractivity contribution in [2.75, 3.05) is 26.4 Å². The Hall–Kier alpha value is -0.600. The average molecular weight is 1260 g/mol. The minimum atomic E-state index is 0.655. The Morgan fingerprint density at radius 3 is 0.603 bits per heavy atom. The lowest BCUT2D eigenvalue weighted by Gasteiger charge is -2.23. The molecule has 0 fully saturated rings. The van der Waals surface area contributed by atoms with E-state index < -0.39 is 0 Å². The first-order chi connectivity index (χ1) is 33.2. The third-order valence-electron chi connectivity index (χ3n) is 11.8. The van der Waals surface area contributed by atoms with E-state index in [0.29, 0.717) is 26.4 Å². The van der Waals surface area contributed by atoms with Gasteiger partial charge >= 0.3 is 0 Å². The molecule has 1 aliphatic rings. The first kappa shape index (κ1) is 58.3. The van der Waals surface area contributed by atoms with E-state index in [0.717, 1.165) is 131 Å². The van der Waals surface area contributed by atoms with E-state index in [4.69, 9.17) is 18.9 Å². The minimum absolute atomic E-state index is 0.655. The van der Waals surface area contributed by atoms with Crippen molar-refractivity contribution >= 4 is 111 Å². The highest BCUT2D eigenvalue weighted by atomic mass is 79.9. The topological polar surface area (TPSA) is 36.9 Å². The van der Waals surface area contributed by atoms with Gasteiger partial charge in [0.1, 0.15) is 23.0 Å². The van der Waals surface area contributed by atoms with E-state index in [1.165, 1.54) is 103 Å². The molecule has 4 aromatic rings. The van der Waals surface area contributed by atoms with Crippen molar-refractivity contribution in [2.45, 2.75) is 221 Å². The molecule has 0 spiro atoms. The third kappa shape index (κ3) is 20.4. The van der Waals surface area contributed by atoms with Crippen molar-refractivity contribution in [3.8, 4) is 23.0 Å². The summed E-state index contributed by atoms with van der Waals surface area (Å²) in [4.78, 5) is 8.37. The summed E-state index contributed by atoms with van der Waals surface area (Å²) in [5.74, 6) is 3.59. The molecule has 8 bridgehead atoms. The number of rotatable bonds is 32. The molecule has 0 atom stereocenters. The van der Waals surface area contributed by atoms with Gasteiger partial charge < -0.3 is 18.9 Å². The van der Waals surface area contributed by atoms with Gasteiger partial charge in [0.05, 0.1) is 65.6 Å². The molecular weight excluding hydrogens is 1180 g/mol. The molecule has 4 aromatic carbocycles. The smallest absolute Gasteiger partial charge is 0.147 e. The third-order valence-corrected chi connectivity index (χ3v) is 17.8. The second-order valence-corrected chi connectivity index (χ2v) is 25.8. The molecule has 0 N–H and O–H groups in total. The first-order valence-corrected chi connectivity index (χ1v) is 32.2. The molecule has 0 unspecified atom stereocenters. The van der Waals surface area contributed by atoms with Gasteiger partial charge in [-0.05, 0) is 74.2 Å². The Morgan fingerprint density at radius 2 is 0.426 bits per heavy atom. The lowest BCUT2D eigenvalue weighted by atomic mass is 10.1. The van der Waals surface area contributed by atoms with Gasteiger partial charge in [-0.15, -0.1) is 0 Å².